The number of hydrogen-bond acceptors (Lipinski definition) is 3. The minimum absolute atomic E-state index is 0.00357. The largest absolute Gasteiger partial charge is 0.380 e. The third-order valence-corrected chi connectivity index (χ3v) is 3.23. The molecule has 18 heavy (non-hydrogen) atoms. The molecule has 1 unspecified atom stereocenters. The molecule has 0 aliphatic carbocycles. The highest BCUT2D eigenvalue weighted by Crippen LogP contribution is 2.22. The van der Waals surface area contributed by atoms with Crippen molar-refractivity contribution < 1.29 is 8.78 Å². The van der Waals surface area contributed by atoms with Crippen LogP contribution in [-0.2, 0) is 0 Å². The lowest BCUT2D eigenvalue weighted by Crippen LogP contribution is -2.20. The summed E-state index contributed by atoms with van der Waals surface area (Å²) in [5.74, 6) is -1.01. The second kappa shape index (κ2) is 5.32. The first-order chi connectivity index (χ1) is 8.60. The van der Waals surface area contributed by atoms with Gasteiger partial charge in [-0.05, 0) is 38.1 Å². The number of anilines is 1. The molecule has 0 radical (unpaired) electrons. The summed E-state index contributed by atoms with van der Waals surface area (Å²) < 4.78 is 27.2. The lowest BCUT2D eigenvalue weighted by molar-refractivity contribution is 0.399. The Kier molecular flexibility index (Phi) is 3.78. The van der Waals surface area contributed by atoms with Gasteiger partial charge in [-0.15, -0.1) is 0 Å². The van der Waals surface area contributed by atoms with E-state index in [-0.39, 0.29) is 11.3 Å². The van der Waals surface area contributed by atoms with E-state index in [0.29, 0.717) is 12.5 Å². The van der Waals surface area contributed by atoms with Gasteiger partial charge >= 0.3 is 0 Å². The number of nitriles is 1. The van der Waals surface area contributed by atoms with Crippen LogP contribution in [0.5, 0.6) is 0 Å². The molecule has 1 aromatic carbocycles. The highest BCUT2D eigenvalue weighted by atomic mass is 19.1. The van der Waals surface area contributed by atoms with E-state index in [0.717, 1.165) is 31.6 Å². The first-order valence-corrected chi connectivity index (χ1v) is 5.91. The molecule has 1 N–H and O–H groups in total. The van der Waals surface area contributed by atoms with E-state index < -0.39 is 11.6 Å². The first-order valence-electron chi connectivity index (χ1n) is 5.91. The number of rotatable bonds is 3. The standard InChI is InChI=1S/C13H15F2N3/c1-18-3-2-9(8-18)7-17-13-11(14)4-10(6-16)5-12(13)15/h4-5,9,17H,2-3,7-8H2,1H3. The summed E-state index contributed by atoms with van der Waals surface area (Å²) in [4.78, 5) is 2.19. The average Bonchev–Trinajstić information content (AvgIpc) is 2.73. The van der Waals surface area contributed by atoms with Gasteiger partial charge in [0.05, 0.1) is 11.6 Å². The second-order valence-corrected chi connectivity index (χ2v) is 4.72. The molecule has 1 saturated heterocycles. The van der Waals surface area contributed by atoms with Gasteiger partial charge in [0.25, 0.3) is 0 Å². The van der Waals surface area contributed by atoms with Crippen LogP contribution in [0.3, 0.4) is 0 Å². The summed E-state index contributed by atoms with van der Waals surface area (Å²) in [6.45, 7) is 2.50. The molecule has 1 fully saturated rings. The van der Waals surface area contributed by atoms with Gasteiger partial charge in [-0.2, -0.15) is 5.26 Å². The molecule has 0 amide bonds. The van der Waals surface area contributed by atoms with E-state index in [1.54, 1.807) is 6.07 Å². The smallest absolute Gasteiger partial charge is 0.150 e. The van der Waals surface area contributed by atoms with Gasteiger partial charge in [0.2, 0.25) is 0 Å². The van der Waals surface area contributed by atoms with Crippen LogP contribution in [0.15, 0.2) is 12.1 Å². The van der Waals surface area contributed by atoms with Crippen LogP contribution in [0.25, 0.3) is 0 Å². The van der Waals surface area contributed by atoms with E-state index in [4.69, 9.17) is 5.26 Å². The molecule has 96 valence electrons. The average molecular weight is 251 g/mol. The van der Waals surface area contributed by atoms with Crippen molar-refractivity contribution in [1.29, 1.82) is 5.26 Å². The minimum Gasteiger partial charge on any atom is -0.380 e. The third kappa shape index (κ3) is 2.77. The van der Waals surface area contributed by atoms with Crippen molar-refractivity contribution in [3.05, 3.63) is 29.3 Å². The fraction of sp³-hybridized carbons (Fsp3) is 0.462. The third-order valence-electron chi connectivity index (χ3n) is 3.23. The molecule has 1 aliphatic heterocycles. The van der Waals surface area contributed by atoms with Crippen molar-refractivity contribution in [2.75, 3.05) is 32.0 Å². The van der Waals surface area contributed by atoms with Gasteiger partial charge < -0.3 is 10.2 Å². The normalized spacial score (nSPS) is 19.8. The summed E-state index contributed by atoms with van der Waals surface area (Å²) in [6, 6.07) is 3.82. The fourth-order valence-corrected chi connectivity index (χ4v) is 2.25. The summed E-state index contributed by atoms with van der Waals surface area (Å²) >= 11 is 0. The zero-order chi connectivity index (χ0) is 13.1. The zero-order valence-electron chi connectivity index (χ0n) is 10.2. The quantitative estimate of drug-likeness (QED) is 0.895. The van der Waals surface area contributed by atoms with E-state index >= 15 is 0 Å². The van der Waals surface area contributed by atoms with Crippen LogP contribution >= 0.6 is 0 Å². The van der Waals surface area contributed by atoms with Crippen molar-refractivity contribution >= 4 is 5.69 Å². The van der Waals surface area contributed by atoms with Gasteiger partial charge in [0.1, 0.15) is 5.69 Å². The van der Waals surface area contributed by atoms with E-state index in [9.17, 15) is 8.78 Å². The van der Waals surface area contributed by atoms with Crippen LogP contribution in [0.4, 0.5) is 14.5 Å². The Hall–Kier alpha value is -1.67. The number of halogens is 2. The molecule has 1 atom stereocenters. The minimum atomic E-state index is -0.710. The number of nitrogens with zero attached hydrogens (tertiary/aromatic N) is 2. The summed E-state index contributed by atoms with van der Waals surface area (Å²) in [7, 11) is 2.03. The topological polar surface area (TPSA) is 39.1 Å². The van der Waals surface area contributed by atoms with Gasteiger partial charge in [0.15, 0.2) is 11.6 Å². The number of nitrogens with one attached hydrogen (secondary N) is 1. The zero-order valence-corrected chi connectivity index (χ0v) is 10.2. The maximum atomic E-state index is 13.6. The number of likely N-dealkylation sites (tertiary alicyclic amines) is 1. The van der Waals surface area contributed by atoms with Gasteiger partial charge in [-0.3, -0.25) is 0 Å². The monoisotopic (exact) mass is 251 g/mol. The van der Waals surface area contributed by atoms with E-state index in [1.807, 2.05) is 7.05 Å². The molecule has 1 aromatic rings. The molecule has 0 spiro atoms. The Balaban J connectivity index is 2.03. The highest BCUT2D eigenvalue weighted by Gasteiger charge is 2.20. The van der Waals surface area contributed by atoms with Crippen molar-refractivity contribution in [3.63, 3.8) is 0 Å². The van der Waals surface area contributed by atoms with Crippen LogP contribution in [-0.4, -0.2) is 31.6 Å². The van der Waals surface area contributed by atoms with E-state index in [2.05, 4.69) is 10.2 Å². The maximum absolute atomic E-state index is 13.6. The van der Waals surface area contributed by atoms with Crippen molar-refractivity contribution in [1.82, 2.24) is 4.90 Å². The summed E-state index contributed by atoms with van der Waals surface area (Å²) in [5.41, 5.74) is -0.139. The Morgan fingerprint density at radius 3 is 2.61 bits per heavy atom. The van der Waals surface area contributed by atoms with E-state index in [1.165, 1.54) is 0 Å². The van der Waals surface area contributed by atoms with Crippen LogP contribution in [0.1, 0.15) is 12.0 Å². The predicted molar refractivity (Wildman–Crippen MR) is 65.2 cm³/mol. The Labute approximate surface area is 105 Å². The van der Waals surface area contributed by atoms with Gasteiger partial charge in [-0.25, -0.2) is 8.78 Å². The van der Waals surface area contributed by atoms with Crippen molar-refractivity contribution in [2.24, 2.45) is 5.92 Å². The lowest BCUT2D eigenvalue weighted by atomic mass is 10.1. The van der Waals surface area contributed by atoms with Crippen LogP contribution in [0.2, 0.25) is 0 Å². The van der Waals surface area contributed by atoms with Crippen LogP contribution in [0, 0.1) is 28.9 Å². The summed E-state index contributed by atoms with van der Waals surface area (Å²) in [6.07, 6.45) is 1.03. The first kappa shape index (κ1) is 12.8. The maximum Gasteiger partial charge on any atom is 0.150 e. The molecule has 5 heteroatoms. The summed E-state index contributed by atoms with van der Waals surface area (Å²) in [5, 5.41) is 11.4. The fourth-order valence-electron chi connectivity index (χ4n) is 2.25. The molecule has 0 aromatic heterocycles. The second-order valence-electron chi connectivity index (χ2n) is 4.72. The van der Waals surface area contributed by atoms with Crippen molar-refractivity contribution in [3.8, 4) is 6.07 Å². The Bertz CT molecular complexity index is 459. The molecule has 1 heterocycles. The number of hydrogen-bond donors (Lipinski definition) is 1. The molecular weight excluding hydrogens is 236 g/mol. The molecule has 1 aliphatic rings. The molecule has 2 rings (SSSR count). The predicted octanol–water partition coefficient (Wildman–Crippen LogP) is 2.20. The lowest BCUT2D eigenvalue weighted by Gasteiger charge is -2.14. The van der Waals surface area contributed by atoms with Gasteiger partial charge in [-0.1, -0.05) is 0 Å². The molecular formula is C13H15F2N3. The Morgan fingerprint density at radius 2 is 2.11 bits per heavy atom. The molecule has 0 saturated carbocycles. The molecule has 0 bridgehead atoms. The Morgan fingerprint density at radius 1 is 1.44 bits per heavy atom. The highest BCUT2D eigenvalue weighted by molar-refractivity contribution is 5.50. The van der Waals surface area contributed by atoms with Gasteiger partial charge in [0, 0.05) is 13.1 Å². The van der Waals surface area contributed by atoms with Crippen molar-refractivity contribution in [2.45, 2.75) is 6.42 Å². The molecule has 3 nitrogen and oxygen atoms in total. The SMILES string of the molecule is CN1CCC(CNc2c(F)cc(C#N)cc2F)C1. The number of benzene rings is 1. The van der Waals surface area contributed by atoms with Crippen LogP contribution < -0.4 is 5.32 Å².